The summed E-state index contributed by atoms with van der Waals surface area (Å²) in [5.41, 5.74) is 0.922. The number of thiophene rings is 1. The Labute approximate surface area is 105 Å². The largest absolute Gasteiger partial charge is 0.388 e. The Morgan fingerprint density at radius 2 is 2.50 bits per heavy atom. The van der Waals surface area contributed by atoms with E-state index in [1.165, 1.54) is 5.56 Å². The second kappa shape index (κ2) is 5.54. The average molecular weight is 257 g/mol. The van der Waals surface area contributed by atoms with Gasteiger partial charge in [-0.2, -0.15) is 23.1 Å². The molecule has 0 amide bonds. The van der Waals surface area contributed by atoms with Crippen molar-refractivity contribution < 1.29 is 5.11 Å². The third-order valence-corrected chi connectivity index (χ3v) is 4.95. The molecule has 1 aliphatic heterocycles. The maximum absolute atomic E-state index is 10.2. The normalized spacial score (nSPS) is 27.1. The lowest BCUT2D eigenvalue weighted by Crippen LogP contribution is -2.44. The van der Waals surface area contributed by atoms with E-state index in [4.69, 9.17) is 0 Å². The first kappa shape index (κ1) is 12.4. The summed E-state index contributed by atoms with van der Waals surface area (Å²) in [6.07, 6.45) is 1.97. The van der Waals surface area contributed by atoms with E-state index in [0.29, 0.717) is 6.04 Å². The third-order valence-electron chi connectivity index (χ3n) is 2.98. The summed E-state index contributed by atoms with van der Waals surface area (Å²) in [5, 5.41) is 17.9. The first-order valence-corrected chi connectivity index (χ1v) is 7.82. The van der Waals surface area contributed by atoms with Gasteiger partial charge in [0, 0.05) is 18.3 Å². The van der Waals surface area contributed by atoms with E-state index in [-0.39, 0.29) is 0 Å². The van der Waals surface area contributed by atoms with Crippen molar-refractivity contribution in [2.45, 2.75) is 31.4 Å². The van der Waals surface area contributed by atoms with Gasteiger partial charge in [-0.05, 0) is 47.9 Å². The Kier molecular flexibility index (Phi) is 4.30. The van der Waals surface area contributed by atoms with Gasteiger partial charge < -0.3 is 10.4 Å². The van der Waals surface area contributed by atoms with Crippen LogP contribution in [0.1, 0.15) is 18.9 Å². The van der Waals surface area contributed by atoms with E-state index < -0.39 is 5.60 Å². The van der Waals surface area contributed by atoms with Crippen LogP contribution in [-0.2, 0) is 6.42 Å². The van der Waals surface area contributed by atoms with Crippen molar-refractivity contribution in [1.82, 2.24) is 5.32 Å². The van der Waals surface area contributed by atoms with E-state index in [2.05, 4.69) is 29.1 Å². The first-order valence-electron chi connectivity index (χ1n) is 5.73. The molecular weight excluding hydrogens is 238 g/mol. The van der Waals surface area contributed by atoms with Crippen LogP contribution in [0.25, 0.3) is 0 Å². The standard InChI is InChI=1S/C12H19NOS2/c1-10(6-11-2-4-15-7-11)13-8-12(14)3-5-16-9-12/h2,4,7,10,13-14H,3,5-6,8-9H2,1H3. The molecule has 1 aromatic rings. The molecule has 2 atom stereocenters. The molecule has 0 spiro atoms. The van der Waals surface area contributed by atoms with Crippen molar-refractivity contribution in [3.05, 3.63) is 22.4 Å². The fourth-order valence-corrected chi connectivity index (χ4v) is 3.91. The van der Waals surface area contributed by atoms with Crippen LogP contribution in [0.4, 0.5) is 0 Å². The quantitative estimate of drug-likeness (QED) is 0.847. The van der Waals surface area contributed by atoms with Crippen molar-refractivity contribution in [2.24, 2.45) is 0 Å². The summed E-state index contributed by atoms with van der Waals surface area (Å²) >= 11 is 3.59. The second-order valence-corrected chi connectivity index (χ2v) is 6.53. The number of aliphatic hydroxyl groups is 1. The van der Waals surface area contributed by atoms with Gasteiger partial charge in [0.15, 0.2) is 0 Å². The third kappa shape index (κ3) is 3.48. The summed E-state index contributed by atoms with van der Waals surface area (Å²) in [4.78, 5) is 0. The molecule has 90 valence electrons. The lowest BCUT2D eigenvalue weighted by molar-refractivity contribution is 0.0651. The van der Waals surface area contributed by atoms with Crippen molar-refractivity contribution in [1.29, 1.82) is 0 Å². The molecule has 0 aromatic carbocycles. The van der Waals surface area contributed by atoms with Gasteiger partial charge >= 0.3 is 0 Å². The van der Waals surface area contributed by atoms with Crippen LogP contribution in [0.2, 0.25) is 0 Å². The molecule has 2 N–H and O–H groups in total. The van der Waals surface area contributed by atoms with E-state index >= 15 is 0 Å². The van der Waals surface area contributed by atoms with Crippen LogP contribution in [0, 0.1) is 0 Å². The van der Waals surface area contributed by atoms with E-state index in [1.54, 1.807) is 11.3 Å². The van der Waals surface area contributed by atoms with Gasteiger partial charge in [-0.15, -0.1) is 0 Å². The highest BCUT2D eigenvalue weighted by Crippen LogP contribution is 2.27. The highest BCUT2D eigenvalue weighted by molar-refractivity contribution is 7.99. The van der Waals surface area contributed by atoms with Crippen molar-refractivity contribution in [3.8, 4) is 0 Å². The minimum atomic E-state index is -0.465. The van der Waals surface area contributed by atoms with Crippen molar-refractivity contribution in [2.75, 3.05) is 18.1 Å². The fraction of sp³-hybridized carbons (Fsp3) is 0.667. The number of hydrogen-bond donors (Lipinski definition) is 2. The molecule has 0 saturated carbocycles. The summed E-state index contributed by atoms with van der Waals surface area (Å²) in [7, 11) is 0. The maximum Gasteiger partial charge on any atom is 0.0869 e. The molecule has 2 rings (SSSR count). The van der Waals surface area contributed by atoms with Crippen LogP contribution in [-0.4, -0.2) is 34.8 Å². The zero-order valence-corrected chi connectivity index (χ0v) is 11.2. The number of rotatable bonds is 5. The number of hydrogen-bond acceptors (Lipinski definition) is 4. The summed E-state index contributed by atoms with van der Waals surface area (Å²) in [6.45, 7) is 2.91. The number of thioether (sulfide) groups is 1. The molecule has 16 heavy (non-hydrogen) atoms. The average Bonchev–Trinajstić information content (AvgIpc) is 2.88. The predicted molar refractivity (Wildman–Crippen MR) is 72.4 cm³/mol. The Balaban J connectivity index is 1.73. The van der Waals surface area contributed by atoms with Gasteiger partial charge in [0.2, 0.25) is 0 Å². The van der Waals surface area contributed by atoms with Gasteiger partial charge in [-0.3, -0.25) is 0 Å². The van der Waals surface area contributed by atoms with Crippen LogP contribution >= 0.6 is 23.1 Å². The molecule has 0 bridgehead atoms. The molecule has 0 radical (unpaired) electrons. The van der Waals surface area contributed by atoms with Gasteiger partial charge in [0.05, 0.1) is 5.60 Å². The lowest BCUT2D eigenvalue weighted by atomic mass is 10.0. The SMILES string of the molecule is CC(Cc1ccsc1)NCC1(O)CCSC1. The molecule has 1 fully saturated rings. The smallest absolute Gasteiger partial charge is 0.0869 e. The lowest BCUT2D eigenvalue weighted by Gasteiger charge is -2.24. The van der Waals surface area contributed by atoms with Crippen molar-refractivity contribution >= 4 is 23.1 Å². The van der Waals surface area contributed by atoms with Gasteiger partial charge in [-0.1, -0.05) is 0 Å². The van der Waals surface area contributed by atoms with Gasteiger partial charge in [-0.25, -0.2) is 0 Å². The topological polar surface area (TPSA) is 32.3 Å². The minimum Gasteiger partial charge on any atom is -0.388 e. The highest BCUT2D eigenvalue weighted by atomic mass is 32.2. The molecule has 1 aliphatic rings. The predicted octanol–water partition coefficient (Wildman–Crippen LogP) is 2.14. The monoisotopic (exact) mass is 257 g/mol. The summed E-state index contributed by atoms with van der Waals surface area (Å²) in [6, 6.07) is 2.60. The van der Waals surface area contributed by atoms with Crippen LogP contribution in [0.3, 0.4) is 0 Å². The Hall–Kier alpha value is -0.0300. The maximum atomic E-state index is 10.2. The van der Waals surface area contributed by atoms with Gasteiger partial charge in [0.1, 0.15) is 0 Å². The summed E-state index contributed by atoms with van der Waals surface area (Å²) in [5.74, 6) is 1.97. The van der Waals surface area contributed by atoms with E-state index in [1.807, 2.05) is 11.8 Å². The fourth-order valence-electron chi connectivity index (χ4n) is 1.93. The molecule has 2 heterocycles. The molecule has 1 saturated heterocycles. The molecule has 2 nitrogen and oxygen atoms in total. The van der Waals surface area contributed by atoms with Crippen molar-refractivity contribution in [3.63, 3.8) is 0 Å². The van der Waals surface area contributed by atoms with Gasteiger partial charge in [0.25, 0.3) is 0 Å². The first-order chi connectivity index (χ1) is 7.68. The van der Waals surface area contributed by atoms with Crippen LogP contribution < -0.4 is 5.32 Å². The number of nitrogens with one attached hydrogen (secondary N) is 1. The molecule has 2 unspecified atom stereocenters. The Morgan fingerprint density at radius 3 is 3.12 bits per heavy atom. The highest BCUT2D eigenvalue weighted by Gasteiger charge is 2.31. The molecular formula is C12H19NOS2. The zero-order chi connectivity index (χ0) is 11.4. The molecule has 0 aliphatic carbocycles. The Morgan fingerprint density at radius 1 is 1.62 bits per heavy atom. The Bertz CT molecular complexity index is 307. The minimum absolute atomic E-state index is 0.434. The van der Waals surface area contributed by atoms with E-state index in [0.717, 1.165) is 30.9 Å². The van der Waals surface area contributed by atoms with Crippen LogP contribution in [0.15, 0.2) is 16.8 Å². The zero-order valence-electron chi connectivity index (χ0n) is 9.61. The van der Waals surface area contributed by atoms with E-state index in [9.17, 15) is 5.11 Å². The second-order valence-electron chi connectivity index (χ2n) is 4.64. The molecule has 1 aromatic heterocycles. The summed E-state index contributed by atoms with van der Waals surface area (Å²) < 4.78 is 0. The van der Waals surface area contributed by atoms with Crippen LogP contribution in [0.5, 0.6) is 0 Å². The molecule has 4 heteroatoms.